The lowest BCUT2D eigenvalue weighted by atomic mass is 9.81. The van der Waals surface area contributed by atoms with Crippen molar-refractivity contribution in [3.05, 3.63) is 0 Å². The van der Waals surface area contributed by atoms with E-state index in [-0.39, 0.29) is 11.9 Å². The fourth-order valence-electron chi connectivity index (χ4n) is 4.17. The summed E-state index contributed by atoms with van der Waals surface area (Å²) < 4.78 is 5.19. The van der Waals surface area contributed by atoms with E-state index in [2.05, 4.69) is 12.2 Å². The van der Waals surface area contributed by atoms with Gasteiger partial charge >= 0.3 is 5.97 Å². The Morgan fingerprint density at radius 3 is 2.48 bits per heavy atom. The first-order valence-electron chi connectivity index (χ1n) is 9.15. The molecule has 2 aliphatic rings. The van der Waals surface area contributed by atoms with Gasteiger partial charge in [-0.2, -0.15) is 0 Å². The number of esters is 1. The molecule has 0 aliphatic heterocycles. The van der Waals surface area contributed by atoms with E-state index in [0.29, 0.717) is 18.7 Å². The van der Waals surface area contributed by atoms with Crippen LogP contribution in [0.25, 0.3) is 0 Å². The minimum Gasteiger partial charge on any atom is -0.466 e. The van der Waals surface area contributed by atoms with Crippen molar-refractivity contribution in [2.75, 3.05) is 6.61 Å². The van der Waals surface area contributed by atoms with Crippen molar-refractivity contribution in [3.8, 4) is 0 Å². The van der Waals surface area contributed by atoms with Crippen molar-refractivity contribution in [2.24, 2.45) is 11.8 Å². The fraction of sp³-hybridized carbons (Fsp3) is 0.944. The van der Waals surface area contributed by atoms with E-state index < -0.39 is 0 Å². The third-order valence-electron chi connectivity index (χ3n) is 5.31. The van der Waals surface area contributed by atoms with Gasteiger partial charge in [0.2, 0.25) is 0 Å². The van der Waals surface area contributed by atoms with Crippen LogP contribution in [0.2, 0.25) is 0 Å². The maximum Gasteiger partial charge on any atom is 0.308 e. The third kappa shape index (κ3) is 5.28. The number of rotatable bonds is 6. The molecule has 0 spiro atoms. The highest BCUT2D eigenvalue weighted by molar-refractivity contribution is 5.72. The molecule has 0 heterocycles. The Morgan fingerprint density at radius 2 is 1.81 bits per heavy atom. The van der Waals surface area contributed by atoms with E-state index in [4.69, 9.17) is 4.74 Å². The smallest absolute Gasteiger partial charge is 0.308 e. The number of ether oxygens (including phenoxy) is 1. The van der Waals surface area contributed by atoms with Crippen LogP contribution >= 0.6 is 0 Å². The standard InChI is InChI=1S/C18H33NO2/c1-3-6-14-9-11-16(12-10-14)19-17-8-5-7-15(13-17)18(20)21-4-2/h14-17,19H,3-13H2,1-2H3. The summed E-state index contributed by atoms with van der Waals surface area (Å²) in [4.78, 5) is 11.9. The predicted molar refractivity (Wildman–Crippen MR) is 86.2 cm³/mol. The Balaban J connectivity index is 1.72. The lowest BCUT2D eigenvalue weighted by Crippen LogP contribution is -2.44. The Hall–Kier alpha value is -0.570. The first-order chi connectivity index (χ1) is 10.2. The van der Waals surface area contributed by atoms with E-state index in [1.54, 1.807) is 0 Å². The van der Waals surface area contributed by atoms with Crippen molar-refractivity contribution >= 4 is 5.97 Å². The number of nitrogens with one attached hydrogen (secondary N) is 1. The van der Waals surface area contributed by atoms with Gasteiger partial charge in [-0.25, -0.2) is 0 Å². The van der Waals surface area contributed by atoms with Crippen LogP contribution in [0.3, 0.4) is 0 Å². The summed E-state index contributed by atoms with van der Waals surface area (Å²) in [6.45, 7) is 4.70. The molecule has 2 atom stereocenters. The average molecular weight is 295 g/mol. The van der Waals surface area contributed by atoms with E-state index >= 15 is 0 Å². The minimum absolute atomic E-state index is 0.0238. The molecule has 21 heavy (non-hydrogen) atoms. The first-order valence-corrected chi connectivity index (χ1v) is 9.15. The summed E-state index contributed by atoms with van der Waals surface area (Å²) in [5.41, 5.74) is 0. The quantitative estimate of drug-likeness (QED) is 0.751. The largest absolute Gasteiger partial charge is 0.466 e. The predicted octanol–water partition coefficient (Wildman–Crippen LogP) is 4.06. The molecule has 0 aromatic heterocycles. The monoisotopic (exact) mass is 295 g/mol. The van der Waals surface area contributed by atoms with E-state index in [1.165, 1.54) is 44.9 Å². The molecule has 2 unspecified atom stereocenters. The van der Waals surface area contributed by atoms with Gasteiger partial charge in [-0.3, -0.25) is 4.79 Å². The Labute approximate surface area is 130 Å². The first kappa shape index (κ1) is 16.8. The van der Waals surface area contributed by atoms with Crippen molar-refractivity contribution in [3.63, 3.8) is 0 Å². The van der Waals surface area contributed by atoms with Gasteiger partial charge in [0.05, 0.1) is 12.5 Å². The summed E-state index contributed by atoms with van der Waals surface area (Å²) in [5.74, 6) is 1.12. The zero-order valence-electron chi connectivity index (χ0n) is 13.9. The molecule has 122 valence electrons. The molecule has 2 rings (SSSR count). The van der Waals surface area contributed by atoms with Crippen LogP contribution in [-0.4, -0.2) is 24.7 Å². The Bertz CT molecular complexity index is 310. The molecule has 2 aliphatic carbocycles. The number of carbonyl (C=O) groups excluding carboxylic acids is 1. The van der Waals surface area contributed by atoms with E-state index in [0.717, 1.165) is 25.2 Å². The van der Waals surface area contributed by atoms with Gasteiger partial charge in [-0.05, 0) is 57.8 Å². The van der Waals surface area contributed by atoms with Crippen LogP contribution in [0.1, 0.15) is 78.1 Å². The van der Waals surface area contributed by atoms with Gasteiger partial charge in [0.25, 0.3) is 0 Å². The third-order valence-corrected chi connectivity index (χ3v) is 5.31. The average Bonchev–Trinajstić information content (AvgIpc) is 2.50. The highest BCUT2D eigenvalue weighted by Crippen LogP contribution is 2.30. The highest BCUT2D eigenvalue weighted by Gasteiger charge is 2.30. The molecule has 3 nitrogen and oxygen atoms in total. The molecule has 1 N–H and O–H groups in total. The normalized spacial score (nSPS) is 33.6. The van der Waals surface area contributed by atoms with Crippen LogP contribution in [0.15, 0.2) is 0 Å². The number of carbonyl (C=O) groups is 1. The molecule has 0 saturated heterocycles. The highest BCUT2D eigenvalue weighted by atomic mass is 16.5. The van der Waals surface area contributed by atoms with Crippen LogP contribution in [0.4, 0.5) is 0 Å². The second kappa shape index (κ2) is 8.77. The van der Waals surface area contributed by atoms with Gasteiger partial charge in [-0.15, -0.1) is 0 Å². The molecule has 0 bridgehead atoms. The molecular weight excluding hydrogens is 262 g/mol. The van der Waals surface area contributed by atoms with Gasteiger partial charge in [0.1, 0.15) is 0 Å². The Morgan fingerprint density at radius 1 is 1.05 bits per heavy atom. The minimum atomic E-state index is 0.0238. The molecule has 0 aromatic rings. The maximum absolute atomic E-state index is 11.9. The van der Waals surface area contributed by atoms with Crippen LogP contribution < -0.4 is 5.32 Å². The molecule has 0 amide bonds. The summed E-state index contributed by atoms with van der Waals surface area (Å²) in [7, 11) is 0. The summed E-state index contributed by atoms with van der Waals surface area (Å²) in [6, 6.07) is 1.21. The zero-order chi connectivity index (χ0) is 15.1. The molecule has 2 saturated carbocycles. The van der Waals surface area contributed by atoms with Crippen LogP contribution in [-0.2, 0) is 9.53 Å². The lowest BCUT2D eigenvalue weighted by molar-refractivity contribution is -0.149. The molecule has 3 heteroatoms. The van der Waals surface area contributed by atoms with Gasteiger partial charge in [0, 0.05) is 12.1 Å². The van der Waals surface area contributed by atoms with Gasteiger partial charge in [-0.1, -0.05) is 26.2 Å². The summed E-state index contributed by atoms with van der Waals surface area (Å²) in [6.07, 6.45) is 12.5. The molecular formula is C18H33NO2. The number of hydrogen-bond acceptors (Lipinski definition) is 3. The zero-order valence-corrected chi connectivity index (χ0v) is 13.9. The van der Waals surface area contributed by atoms with Crippen LogP contribution in [0, 0.1) is 11.8 Å². The van der Waals surface area contributed by atoms with Crippen molar-refractivity contribution in [1.82, 2.24) is 5.32 Å². The van der Waals surface area contributed by atoms with Crippen LogP contribution in [0.5, 0.6) is 0 Å². The summed E-state index contributed by atoms with van der Waals surface area (Å²) in [5, 5.41) is 3.84. The van der Waals surface area contributed by atoms with Crippen molar-refractivity contribution < 1.29 is 9.53 Å². The van der Waals surface area contributed by atoms with E-state index in [1.807, 2.05) is 6.92 Å². The second-order valence-electron chi connectivity index (χ2n) is 6.99. The second-order valence-corrected chi connectivity index (χ2v) is 6.99. The molecule has 2 fully saturated rings. The fourth-order valence-corrected chi connectivity index (χ4v) is 4.17. The van der Waals surface area contributed by atoms with Crippen molar-refractivity contribution in [1.29, 1.82) is 0 Å². The van der Waals surface area contributed by atoms with Gasteiger partial charge in [0.15, 0.2) is 0 Å². The van der Waals surface area contributed by atoms with Crippen molar-refractivity contribution in [2.45, 2.75) is 90.1 Å². The topological polar surface area (TPSA) is 38.3 Å². The molecule has 0 radical (unpaired) electrons. The number of hydrogen-bond donors (Lipinski definition) is 1. The van der Waals surface area contributed by atoms with E-state index in [9.17, 15) is 4.79 Å². The molecule has 0 aromatic carbocycles. The summed E-state index contributed by atoms with van der Waals surface area (Å²) >= 11 is 0. The Kier molecular flexibility index (Phi) is 7.01. The lowest BCUT2D eigenvalue weighted by Gasteiger charge is -2.35. The van der Waals surface area contributed by atoms with Gasteiger partial charge < -0.3 is 10.1 Å². The SMILES string of the molecule is CCCC1CCC(NC2CCCC(C(=O)OCC)C2)CC1. The maximum atomic E-state index is 11.9.